The van der Waals surface area contributed by atoms with Crippen molar-refractivity contribution in [3.8, 4) is 0 Å². The van der Waals surface area contributed by atoms with Crippen molar-refractivity contribution >= 4 is 5.95 Å². The first-order chi connectivity index (χ1) is 10.1. The minimum atomic E-state index is -2.53. The average molecular weight is 300 g/mol. The molecule has 4 rings (SSSR count). The average Bonchev–Trinajstić information content (AvgIpc) is 3.05. The van der Waals surface area contributed by atoms with Crippen molar-refractivity contribution in [2.75, 3.05) is 37.7 Å². The second-order valence-electron chi connectivity index (χ2n) is 6.38. The number of hydrogen-bond acceptors (Lipinski definition) is 6. The summed E-state index contributed by atoms with van der Waals surface area (Å²) in [5.74, 6) is -1.55. The van der Waals surface area contributed by atoms with Crippen LogP contribution in [0, 0.1) is 5.41 Å². The van der Waals surface area contributed by atoms with Gasteiger partial charge in [0.1, 0.15) is 6.10 Å². The second kappa shape index (κ2) is 4.61. The summed E-state index contributed by atoms with van der Waals surface area (Å²) >= 11 is 0. The van der Waals surface area contributed by atoms with Gasteiger partial charge in [-0.1, -0.05) is 0 Å². The Morgan fingerprint density at radius 1 is 1.24 bits per heavy atom. The molecule has 1 aromatic heterocycles. The van der Waals surface area contributed by atoms with Gasteiger partial charge < -0.3 is 19.5 Å². The second-order valence-corrected chi connectivity index (χ2v) is 6.38. The van der Waals surface area contributed by atoms with Gasteiger partial charge in [-0.15, -0.1) is 0 Å². The van der Waals surface area contributed by atoms with E-state index in [1.54, 1.807) is 0 Å². The molecule has 0 bridgehead atoms. The molecule has 1 aliphatic carbocycles. The van der Waals surface area contributed by atoms with Gasteiger partial charge in [0.15, 0.2) is 0 Å². The summed E-state index contributed by atoms with van der Waals surface area (Å²) in [7, 11) is 0. The molecule has 2 saturated heterocycles. The maximum absolute atomic E-state index is 13.1. The van der Waals surface area contributed by atoms with Crippen LogP contribution in [0.4, 0.5) is 14.7 Å². The van der Waals surface area contributed by atoms with Crippen molar-refractivity contribution in [2.45, 2.75) is 31.3 Å². The van der Waals surface area contributed by atoms with E-state index >= 15 is 0 Å². The van der Waals surface area contributed by atoms with Crippen LogP contribution in [0.15, 0.2) is 4.52 Å². The molecule has 3 fully saturated rings. The van der Waals surface area contributed by atoms with Crippen LogP contribution in [-0.2, 0) is 4.74 Å². The van der Waals surface area contributed by atoms with Crippen molar-refractivity contribution in [3.63, 3.8) is 0 Å². The lowest BCUT2D eigenvalue weighted by atomic mass is 9.65. The van der Waals surface area contributed by atoms with E-state index in [4.69, 9.17) is 9.26 Å². The molecule has 116 valence electrons. The molecular formula is C13H18F2N4O2. The first kappa shape index (κ1) is 13.4. The zero-order chi connectivity index (χ0) is 14.5. The molecule has 1 spiro atoms. The molecule has 3 heterocycles. The summed E-state index contributed by atoms with van der Waals surface area (Å²) in [6, 6.07) is 0. The molecule has 21 heavy (non-hydrogen) atoms. The fourth-order valence-corrected chi connectivity index (χ4v) is 3.59. The van der Waals surface area contributed by atoms with Crippen molar-refractivity contribution in [1.29, 1.82) is 0 Å². The normalized spacial score (nSPS) is 30.6. The molecule has 2 aliphatic heterocycles. The molecule has 1 N–H and O–H groups in total. The Morgan fingerprint density at radius 2 is 2.00 bits per heavy atom. The minimum absolute atomic E-state index is 0.0880. The Labute approximate surface area is 120 Å². The fraction of sp³-hybridized carbons (Fsp3) is 0.846. The quantitative estimate of drug-likeness (QED) is 0.889. The molecule has 8 heteroatoms. The highest BCUT2D eigenvalue weighted by molar-refractivity contribution is 5.29. The van der Waals surface area contributed by atoms with Crippen LogP contribution < -0.4 is 10.2 Å². The van der Waals surface area contributed by atoms with Crippen molar-refractivity contribution in [2.24, 2.45) is 5.41 Å². The predicted octanol–water partition coefficient (Wildman–Crippen LogP) is 1.36. The lowest BCUT2D eigenvalue weighted by Gasteiger charge is -2.43. The zero-order valence-electron chi connectivity index (χ0n) is 11.6. The van der Waals surface area contributed by atoms with Crippen molar-refractivity contribution in [3.05, 3.63) is 5.89 Å². The number of nitrogens with one attached hydrogen (secondary N) is 1. The fourth-order valence-electron chi connectivity index (χ4n) is 3.59. The third-order valence-corrected chi connectivity index (χ3v) is 4.58. The van der Waals surface area contributed by atoms with Gasteiger partial charge in [-0.2, -0.15) is 4.98 Å². The highest BCUT2D eigenvalue weighted by atomic mass is 19.3. The zero-order valence-corrected chi connectivity index (χ0v) is 11.6. The topological polar surface area (TPSA) is 63.4 Å². The Kier molecular flexibility index (Phi) is 2.94. The largest absolute Gasteiger partial charge is 0.368 e. The number of piperazine rings is 1. The Balaban J connectivity index is 1.42. The number of aromatic nitrogens is 2. The molecular weight excluding hydrogens is 282 g/mol. The van der Waals surface area contributed by atoms with Gasteiger partial charge in [0.05, 0.1) is 6.61 Å². The summed E-state index contributed by atoms with van der Waals surface area (Å²) in [6.07, 6.45) is 0.0290. The van der Waals surface area contributed by atoms with Gasteiger partial charge in [-0.3, -0.25) is 0 Å². The lowest BCUT2D eigenvalue weighted by Crippen LogP contribution is -2.46. The van der Waals surface area contributed by atoms with Gasteiger partial charge in [-0.05, 0) is 11.6 Å². The van der Waals surface area contributed by atoms with Gasteiger partial charge in [0.25, 0.3) is 11.8 Å². The smallest absolute Gasteiger partial charge is 0.266 e. The molecule has 1 unspecified atom stereocenters. The van der Waals surface area contributed by atoms with E-state index in [2.05, 4.69) is 15.5 Å². The minimum Gasteiger partial charge on any atom is -0.368 e. The van der Waals surface area contributed by atoms with Gasteiger partial charge in [-0.25, -0.2) is 8.78 Å². The lowest BCUT2D eigenvalue weighted by molar-refractivity contribution is -0.160. The van der Waals surface area contributed by atoms with Crippen LogP contribution in [0.25, 0.3) is 0 Å². The SMILES string of the molecule is FC1(F)CC2(COC(c3nc(N4CCNCC4)no3)C2)C1. The maximum Gasteiger partial charge on any atom is 0.266 e. The summed E-state index contributed by atoms with van der Waals surface area (Å²) in [4.78, 5) is 6.43. The van der Waals surface area contributed by atoms with E-state index in [1.165, 1.54) is 0 Å². The van der Waals surface area contributed by atoms with Crippen LogP contribution in [0.3, 0.4) is 0 Å². The van der Waals surface area contributed by atoms with E-state index in [-0.39, 0.29) is 18.9 Å². The van der Waals surface area contributed by atoms with Crippen LogP contribution in [0.1, 0.15) is 31.3 Å². The highest BCUT2D eigenvalue weighted by Crippen LogP contribution is 2.59. The number of ether oxygens (including phenoxy) is 1. The number of halogens is 2. The number of nitrogens with zero attached hydrogens (tertiary/aromatic N) is 3. The van der Waals surface area contributed by atoms with Crippen molar-refractivity contribution in [1.82, 2.24) is 15.5 Å². The standard InChI is InChI=1S/C13H18F2N4O2/c14-13(15)6-12(7-13)5-9(20-8-12)10-17-11(18-21-10)19-3-1-16-2-4-19/h9,16H,1-8H2. The van der Waals surface area contributed by atoms with Gasteiger partial charge >= 0.3 is 0 Å². The third kappa shape index (κ3) is 2.40. The van der Waals surface area contributed by atoms with E-state index in [0.29, 0.717) is 24.9 Å². The molecule has 0 radical (unpaired) electrons. The van der Waals surface area contributed by atoms with Gasteiger partial charge in [0.2, 0.25) is 5.92 Å². The predicted molar refractivity (Wildman–Crippen MR) is 69.3 cm³/mol. The number of alkyl halides is 2. The number of anilines is 1. The van der Waals surface area contributed by atoms with E-state index in [0.717, 1.165) is 26.2 Å². The molecule has 3 aliphatic rings. The molecule has 0 aromatic carbocycles. The molecule has 1 saturated carbocycles. The summed E-state index contributed by atoms with van der Waals surface area (Å²) in [5.41, 5.74) is -0.391. The molecule has 1 atom stereocenters. The molecule has 6 nitrogen and oxygen atoms in total. The van der Waals surface area contributed by atoms with Crippen LogP contribution >= 0.6 is 0 Å². The molecule has 1 aromatic rings. The van der Waals surface area contributed by atoms with Crippen LogP contribution in [0.5, 0.6) is 0 Å². The number of hydrogen-bond donors (Lipinski definition) is 1. The maximum atomic E-state index is 13.1. The Hall–Kier alpha value is -1.28. The van der Waals surface area contributed by atoms with Gasteiger partial charge in [0, 0.05) is 44.4 Å². The third-order valence-electron chi connectivity index (χ3n) is 4.58. The van der Waals surface area contributed by atoms with E-state index in [1.807, 2.05) is 4.90 Å². The first-order valence-electron chi connectivity index (χ1n) is 7.34. The summed E-state index contributed by atoms with van der Waals surface area (Å²) in [6.45, 7) is 3.81. The molecule has 0 amide bonds. The van der Waals surface area contributed by atoms with E-state index < -0.39 is 11.3 Å². The number of rotatable bonds is 2. The van der Waals surface area contributed by atoms with Crippen LogP contribution in [-0.4, -0.2) is 48.8 Å². The Bertz CT molecular complexity index is 522. The van der Waals surface area contributed by atoms with E-state index in [9.17, 15) is 8.78 Å². The first-order valence-corrected chi connectivity index (χ1v) is 7.34. The van der Waals surface area contributed by atoms with Crippen molar-refractivity contribution < 1.29 is 18.0 Å². The summed E-state index contributed by atoms with van der Waals surface area (Å²) in [5, 5.41) is 7.25. The highest BCUT2D eigenvalue weighted by Gasteiger charge is 2.60. The summed E-state index contributed by atoms with van der Waals surface area (Å²) < 4.78 is 37.1. The Morgan fingerprint density at radius 3 is 2.71 bits per heavy atom. The monoisotopic (exact) mass is 300 g/mol. The van der Waals surface area contributed by atoms with Crippen LogP contribution in [0.2, 0.25) is 0 Å².